The lowest BCUT2D eigenvalue weighted by molar-refractivity contribution is 0.359. The monoisotopic (exact) mass is 218 g/mol. The van der Waals surface area contributed by atoms with E-state index in [0.717, 1.165) is 6.42 Å². The lowest BCUT2D eigenvalue weighted by Gasteiger charge is -2.23. The van der Waals surface area contributed by atoms with Gasteiger partial charge in [-0.05, 0) is 55.2 Å². The summed E-state index contributed by atoms with van der Waals surface area (Å²) < 4.78 is 0. The van der Waals surface area contributed by atoms with Crippen molar-refractivity contribution in [2.24, 2.45) is 11.3 Å². The van der Waals surface area contributed by atoms with E-state index >= 15 is 0 Å². The van der Waals surface area contributed by atoms with Gasteiger partial charge < -0.3 is 0 Å². The van der Waals surface area contributed by atoms with Gasteiger partial charge in [0, 0.05) is 6.04 Å². The van der Waals surface area contributed by atoms with Crippen molar-refractivity contribution < 1.29 is 0 Å². The van der Waals surface area contributed by atoms with Crippen molar-refractivity contribution in [1.82, 2.24) is 5.43 Å². The fourth-order valence-corrected chi connectivity index (χ4v) is 2.22. The Morgan fingerprint density at radius 2 is 2.00 bits per heavy atom. The second kappa shape index (κ2) is 4.19. The number of rotatable bonds is 4. The Balaban J connectivity index is 2.10. The molecule has 0 radical (unpaired) electrons. The molecule has 0 spiro atoms. The highest BCUT2D eigenvalue weighted by Gasteiger charge is 2.44. The van der Waals surface area contributed by atoms with Crippen LogP contribution in [0.25, 0.3) is 0 Å². The number of aryl methyl sites for hydroxylation is 2. The van der Waals surface area contributed by atoms with Gasteiger partial charge in [-0.3, -0.25) is 11.3 Å². The fourth-order valence-electron chi connectivity index (χ4n) is 2.22. The Morgan fingerprint density at radius 1 is 1.31 bits per heavy atom. The first-order chi connectivity index (χ1) is 7.55. The van der Waals surface area contributed by atoms with Crippen molar-refractivity contribution in [1.29, 1.82) is 0 Å². The maximum atomic E-state index is 5.66. The predicted molar refractivity (Wildman–Crippen MR) is 68.1 cm³/mol. The van der Waals surface area contributed by atoms with Crippen LogP contribution in [0.3, 0.4) is 0 Å². The largest absolute Gasteiger partial charge is 0.271 e. The number of benzene rings is 1. The summed E-state index contributed by atoms with van der Waals surface area (Å²) >= 11 is 0. The zero-order valence-corrected chi connectivity index (χ0v) is 10.5. The summed E-state index contributed by atoms with van der Waals surface area (Å²) in [4.78, 5) is 0. The Labute approximate surface area is 98.2 Å². The van der Waals surface area contributed by atoms with Crippen molar-refractivity contribution in [3.05, 3.63) is 34.9 Å². The molecule has 1 unspecified atom stereocenters. The summed E-state index contributed by atoms with van der Waals surface area (Å²) in [5.41, 5.74) is 7.53. The molecule has 2 heteroatoms. The first-order valence-electron chi connectivity index (χ1n) is 6.07. The molecule has 1 atom stereocenters. The number of hydrogen-bond acceptors (Lipinski definition) is 2. The molecule has 2 nitrogen and oxygen atoms in total. The SMILES string of the molecule is Cc1ccc(CC(NN)C2(C)CC2)cc1C. The molecule has 3 N–H and O–H groups in total. The van der Waals surface area contributed by atoms with E-state index in [1.165, 1.54) is 29.5 Å². The van der Waals surface area contributed by atoms with Crippen molar-refractivity contribution in [2.45, 2.75) is 46.1 Å². The zero-order chi connectivity index (χ0) is 11.8. The van der Waals surface area contributed by atoms with E-state index in [1.807, 2.05) is 0 Å². The van der Waals surface area contributed by atoms with Crippen LogP contribution < -0.4 is 11.3 Å². The smallest absolute Gasteiger partial charge is 0.0304 e. The van der Waals surface area contributed by atoms with Gasteiger partial charge in [0.15, 0.2) is 0 Å². The highest BCUT2D eigenvalue weighted by atomic mass is 15.2. The fraction of sp³-hybridized carbons (Fsp3) is 0.571. The average Bonchev–Trinajstić information content (AvgIpc) is 2.99. The standard InChI is InChI=1S/C14H22N2/c1-10-4-5-12(8-11(10)2)9-13(16-15)14(3)6-7-14/h4-5,8,13,16H,6-7,9,15H2,1-3H3. The number of hydrazine groups is 1. The average molecular weight is 218 g/mol. The molecule has 1 aliphatic rings. The second-order valence-corrected chi connectivity index (χ2v) is 5.50. The highest BCUT2D eigenvalue weighted by Crippen LogP contribution is 2.48. The van der Waals surface area contributed by atoms with Crippen molar-refractivity contribution >= 4 is 0 Å². The topological polar surface area (TPSA) is 38.0 Å². The van der Waals surface area contributed by atoms with E-state index in [2.05, 4.69) is 44.4 Å². The normalized spacial score (nSPS) is 19.5. The predicted octanol–water partition coefficient (Wildman–Crippen LogP) is 2.48. The summed E-state index contributed by atoms with van der Waals surface area (Å²) in [6.45, 7) is 6.64. The van der Waals surface area contributed by atoms with E-state index < -0.39 is 0 Å². The number of nitrogens with one attached hydrogen (secondary N) is 1. The van der Waals surface area contributed by atoms with E-state index in [1.54, 1.807) is 0 Å². The van der Waals surface area contributed by atoms with Crippen LogP contribution in [0.15, 0.2) is 18.2 Å². The molecule has 1 aromatic carbocycles. The van der Waals surface area contributed by atoms with Gasteiger partial charge in [-0.2, -0.15) is 0 Å². The first-order valence-corrected chi connectivity index (χ1v) is 6.07. The molecule has 16 heavy (non-hydrogen) atoms. The van der Waals surface area contributed by atoms with Gasteiger partial charge in [0.1, 0.15) is 0 Å². The summed E-state index contributed by atoms with van der Waals surface area (Å²) in [6, 6.07) is 7.12. The van der Waals surface area contributed by atoms with Crippen molar-refractivity contribution in [2.75, 3.05) is 0 Å². The van der Waals surface area contributed by atoms with Crippen LogP contribution in [0.5, 0.6) is 0 Å². The third kappa shape index (κ3) is 2.28. The summed E-state index contributed by atoms with van der Waals surface area (Å²) in [5, 5.41) is 0. The Morgan fingerprint density at radius 3 is 2.50 bits per heavy atom. The van der Waals surface area contributed by atoms with Crippen LogP contribution in [-0.2, 0) is 6.42 Å². The molecule has 1 saturated carbocycles. The van der Waals surface area contributed by atoms with Crippen LogP contribution in [0.2, 0.25) is 0 Å². The van der Waals surface area contributed by atoms with Crippen molar-refractivity contribution in [3.8, 4) is 0 Å². The summed E-state index contributed by atoms with van der Waals surface area (Å²) in [6.07, 6.45) is 3.63. The lowest BCUT2D eigenvalue weighted by atomic mass is 9.92. The van der Waals surface area contributed by atoms with E-state index in [0.29, 0.717) is 11.5 Å². The maximum Gasteiger partial charge on any atom is 0.0304 e. The van der Waals surface area contributed by atoms with Gasteiger partial charge in [-0.15, -0.1) is 0 Å². The number of hydrogen-bond donors (Lipinski definition) is 2. The molecule has 1 aliphatic carbocycles. The van der Waals surface area contributed by atoms with Crippen LogP contribution in [0, 0.1) is 19.3 Å². The third-order valence-corrected chi connectivity index (χ3v) is 4.09. The highest BCUT2D eigenvalue weighted by molar-refractivity contribution is 5.30. The lowest BCUT2D eigenvalue weighted by Crippen LogP contribution is -2.42. The van der Waals surface area contributed by atoms with E-state index in [4.69, 9.17) is 5.84 Å². The molecule has 0 saturated heterocycles. The number of nitrogens with two attached hydrogens (primary N) is 1. The third-order valence-electron chi connectivity index (χ3n) is 4.09. The van der Waals surface area contributed by atoms with Crippen LogP contribution in [0.1, 0.15) is 36.5 Å². The summed E-state index contributed by atoms with van der Waals surface area (Å²) in [7, 11) is 0. The Kier molecular flexibility index (Phi) is 3.04. The van der Waals surface area contributed by atoms with Gasteiger partial charge in [-0.25, -0.2) is 0 Å². The van der Waals surface area contributed by atoms with E-state index in [9.17, 15) is 0 Å². The molecule has 0 aliphatic heterocycles. The molecule has 1 fully saturated rings. The molecule has 0 aromatic heterocycles. The zero-order valence-electron chi connectivity index (χ0n) is 10.5. The molecule has 2 rings (SSSR count). The second-order valence-electron chi connectivity index (χ2n) is 5.50. The molecule has 88 valence electrons. The molecular weight excluding hydrogens is 196 g/mol. The minimum Gasteiger partial charge on any atom is -0.271 e. The maximum absolute atomic E-state index is 5.66. The summed E-state index contributed by atoms with van der Waals surface area (Å²) in [5.74, 6) is 5.66. The van der Waals surface area contributed by atoms with Gasteiger partial charge in [-0.1, -0.05) is 25.1 Å². The van der Waals surface area contributed by atoms with Crippen LogP contribution in [0.4, 0.5) is 0 Å². The first kappa shape index (κ1) is 11.6. The van der Waals surface area contributed by atoms with Gasteiger partial charge in [0.05, 0.1) is 0 Å². The van der Waals surface area contributed by atoms with Crippen LogP contribution >= 0.6 is 0 Å². The molecule has 0 bridgehead atoms. The molecule has 0 amide bonds. The minimum atomic E-state index is 0.412. The van der Waals surface area contributed by atoms with E-state index in [-0.39, 0.29) is 0 Å². The van der Waals surface area contributed by atoms with Gasteiger partial charge >= 0.3 is 0 Å². The Bertz CT molecular complexity index is 380. The van der Waals surface area contributed by atoms with Gasteiger partial charge in [0.2, 0.25) is 0 Å². The quantitative estimate of drug-likeness (QED) is 0.602. The van der Waals surface area contributed by atoms with Crippen LogP contribution in [-0.4, -0.2) is 6.04 Å². The molecule has 0 heterocycles. The molecular formula is C14H22N2. The Hall–Kier alpha value is -0.860. The molecule has 1 aromatic rings. The van der Waals surface area contributed by atoms with Crippen molar-refractivity contribution in [3.63, 3.8) is 0 Å². The van der Waals surface area contributed by atoms with Gasteiger partial charge in [0.25, 0.3) is 0 Å². The minimum absolute atomic E-state index is 0.412.